The number of thioether (sulfide) groups is 1. The molecule has 3 aromatic carbocycles. The van der Waals surface area contributed by atoms with Crippen LogP contribution in [-0.4, -0.2) is 5.91 Å². The smallest absolute Gasteiger partial charge is 0.336 e. The molecule has 0 bridgehead atoms. The Morgan fingerprint density at radius 2 is 1.23 bits per heavy atom. The largest absolute Gasteiger partial charge is 0.416 e. The van der Waals surface area contributed by atoms with E-state index in [9.17, 15) is 31.1 Å². The topological polar surface area (TPSA) is 29.1 Å². The van der Waals surface area contributed by atoms with Crippen molar-refractivity contribution in [2.24, 2.45) is 0 Å². The molecule has 162 valence electrons. The van der Waals surface area contributed by atoms with Crippen molar-refractivity contribution in [1.29, 1.82) is 0 Å². The Morgan fingerprint density at radius 1 is 0.742 bits per heavy atom. The van der Waals surface area contributed by atoms with Gasteiger partial charge < -0.3 is 5.32 Å². The van der Waals surface area contributed by atoms with Gasteiger partial charge in [-0.2, -0.15) is 26.3 Å². The lowest BCUT2D eigenvalue weighted by molar-refractivity contribution is -0.143. The summed E-state index contributed by atoms with van der Waals surface area (Å²) in [6.45, 7) is 0. The van der Waals surface area contributed by atoms with Crippen molar-refractivity contribution in [3.05, 3.63) is 101 Å². The quantitative estimate of drug-likeness (QED) is 0.256. The van der Waals surface area contributed by atoms with E-state index in [0.717, 1.165) is 0 Å². The van der Waals surface area contributed by atoms with Gasteiger partial charge in [0.05, 0.1) is 11.1 Å². The summed E-state index contributed by atoms with van der Waals surface area (Å²) in [6.07, 6.45) is -9.90. The van der Waals surface area contributed by atoms with E-state index in [0.29, 0.717) is 35.0 Å². The van der Waals surface area contributed by atoms with Crippen molar-refractivity contribution in [2.75, 3.05) is 0 Å². The molecule has 0 aromatic heterocycles. The Labute approximate surface area is 178 Å². The molecule has 0 heterocycles. The third-order valence-corrected chi connectivity index (χ3v) is 5.35. The van der Waals surface area contributed by atoms with Crippen molar-refractivity contribution >= 4 is 17.7 Å². The molecule has 0 spiro atoms. The van der Waals surface area contributed by atoms with E-state index >= 15 is 0 Å². The summed E-state index contributed by atoms with van der Waals surface area (Å²) in [7, 11) is 0. The van der Waals surface area contributed by atoms with Gasteiger partial charge in [-0.05, 0) is 35.9 Å². The van der Waals surface area contributed by atoms with Crippen LogP contribution in [0.2, 0.25) is 0 Å². The standard InChI is InChI=1S/C22H15F6NOS/c23-21(24,25)16-11-17(22(26,27)28)13-18(12-16)31-20(15-9-5-2-6-10-15)29-19(30)14-7-3-1-4-8-14/h1-13,20H,(H,29,30)/t20-/m1/s1. The monoisotopic (exact) mass is 455 g/mol. The van der Waals surface area contributed by atoms with E-state index < -0.39 is 34.8 Å². The first-order valence-electron chi connectivity index (χ1n) is 8.91. The number of halogens is 6. The Balaban J connectivity index is 1.98. The molecule has 2 nitrogen and oxygen atoms in total. The van der Waals surface area contributed by atoms with Gasteiger partial charge in [0.1, 0.15) is 5.37 Å². The highest BCUT2D eigenvalue weighted by Gasteiger charge is 2.37. The van der Waals surface area contributed by atoms with Crippen LogP contribution in [0, 0.1) is 0 Å². The van der Waals surface area contributed by atoms with Gasteiger partial charge in [-0.1, -0.05) is 60.3 Å². The predicted molar refractivity (Wildman–Crippen MR) is 105 cm³/mol. The molecule has 9 heteroatoms. The van der Waals surface area contributed by atoms with E-state index in [4.69, 9.17) is 0 Å². The Bertz CT molecular complexity index is 1000. The maximum absolute atomic E-state index is 13.2. The summed E-state index contributed by atoms with van der Waals surface area (Å²) in [5.74, 6) is -0.509. The molecule has 0 aliphatic heterocycles. The summed E-state index contributed by atoms with van der Waals surface area (Å²) in [5.41, 5.74) is -2.00. The molecule has 0 aliphatic carbocycles. The zero-order valence-corrected chi connectivity index (χ0v) is 16.5. The number of hydrogen-bond donors (Lipinski definition) is 1. The fourth-order valence-corrected chi connectivity index (χ4v) is 3.85. The molecule has 0 aliphatic rings. The molecule has 0 saturated carbocycles. The first-order valence-corrected chi connectivity index (χ1v) is 9.79. The molecule has 0 radical (unpaired) electrons. The number of carbonyl (C=O) groups excluding carboxylic acids is 1. The summed E-state index contributed by atoms with van der Waals surface area (Å²) in [6, 6.07) is 17.7. The zero-order valence-electron chi connectivity index (χ0n) is 15.7. The Kier molecular flexibility index (Phi) is 6.64. The molecule has 1 N–H and O–H groups in total. The second-order valence-electron chi connectivity index (χ2n) is 6.49. The lowest BCUT2D eigenvalue weighted by Crippen LogP contribution is -2.26. The van der Waals surface area contributed by atoms with E-state index in [-0.39, 0.29) is 11.0 Å². The van der Waals surface area contributed by atoms with Gasteiger partial charge in [0.15, 0.2) is 0 Å². The minimum Gasteiger partial charge on any atom is -0.336 e. The van der Waals surface area contributed by atoms with Crippen molar-refractivity contribution in [1.82, 2.24) is 5.32 Å². The van der Waals surface area contributed by atoms with Crippen LogP contribution in [-0.2, 0) is 12.4 Å². The number of benzene rings is 3. The van der Waals surface area contributed by atoms with Gasteiger partial charge in [0.2, 0.25) is 0 Å². The average molecular weight is 455 g/mol. The SMILES string of the molecule is O=C(N[C@H](Sc1cc(C(F)(F)F)cc(C(F)(F)F)c1)c1ccccc1)c1ccccc1. The lowest BCUT2D eigenvalue weighted by atomic mass is 10.1. The van der Waals surface area contributed by atoms with Gasteiger partial charge in [0.25, 0.3) is 5.91 Å². The van der Waals surface area contributed by atoms with E-state index in [1.807, 2.05) is 0 Å². The fourth-order valence-electron chi connectivity index (χ4n) is 2.73. The number of amides is 1. The molecule has 1 amide bonds. The zero-order chi connectivity index (χ0) is 22.6. The van der Waals surface area contributed by atoms with Gasteiger partial charge >= 0.3 is 12.4 Å². The van der Waals surface area contributed by atoms with Gasteiger partial charge in [-0.3, -0.25) is 4.79 Å². The highest BCUT2D eigenvalue weighted by Crippen LogP contribution is 2.41. The maximum atomic E-state index is 13.2. The Hall–Kier alpha value is -2.94. The first-order chi connectivity index (χ1) is 14.5. The molecule has 3 aromatic rings. The third-order valence-electron chi connectivity index (χ3n) is 4.22. The molecular formula is C22H15F6NOS. The van der Waals surface area contributed by atoms with Crippen LogP contribution in [0.25, 0.3) is 0 Å². The normalized spacial score (nSPS) is 13.0. The van der Waals surface area contributed by atoms with Crippen LogP contribution in [0.15, 0.2) is 83.8 Å². The van der Waals surface area contributed by atoms with Crippen LogP contribution in [0.4, 0.5) is 26.3 Å². The molecule has 1 atom stereocenters. The summed E-state index contributed by atoms with van der Waals surface area (Å²) in [5, 5.41) is 1.76. The number of carbonyl (C=O) groups is 1. The maximum Gasteiger partial charge on any atom is 0.416 e. The van der Waals surface area contributed by atoms with Crippen LogP contribution >= 0.6 is 11.8 Å². The minimum absolute atomic E-state index is 0.0735. The fraction of sp³-hybridized carbons (Fsp3) is 0.136. The number of alkyl halides is 6. The van der Waals surface area contributed by atoms with Crippen molar-refractivity contribution in [3.63, 3.8) is 0 Å². The van der Waals surface area contributed by atoms with E-state index in [1.54, 1.807) is 60.7 Å². The van der Waals surface area contributed by atoms with Gasteiger partial charge in [0, 0.05) is 10.5 Å². The number of rotatable bonds is 5. The second kappa shape index (κ2) is 9.05. The van der Waals surface area contributed by atoms with E-state index in [2.05, 4.69) is 5.32 Å². The van der Waals surface area contributed by atoms with Crippen LogP contribution in [0.1, 0.15) is 32.4 Å². The summed E-state index contributed by atoms with van der Waals surface area (Å²) >= 11 is 0.693. The number of hydrogen-bond acceptors (Lipinski definition) is 2. The van der Waals surface area contributed by atoms with Crippen LogP contribution in [0.5, 0.6) is 0 Å². The van der Waals surface area contributed by atoms with Crippen LogP contribution < -0.4 is 5.32 Å². The predicted octanol–water partition coefficient (Wildman–Crippen LogP) is 6.95. The van der Waals surface area contributed by atoms with Crippen LogP contribution in [0.3, 0.4) is 0 Å². The van der Waals surface area contributed by atoms with Crippen molar-refractivity contribution in [3.8, 4) is 0 Å². The second-order valence-corrected chi connectivity index (χ2v) is 7.67. The third kappa shape index (κ3) is 6.04. The van der Waals surface area contributed by atoms with E-state index in [1.165, 1.54) is 0 Å². The molecule has 31 heavy (non-hydrogen) atoms. The molecular weight excluding hydrogens is 440 g/mol. The molecule has 3 rings (SSSR count). The first kappa shape index (κ1) is 22.7. The molecule has 0 saturated heterocycles. The van der Waals surface area contributed by atoms with Gasteiger partial charge in [-0.15, -0.1) is 0 Å². The number of nitrogens with one attached hydrogen (secondary N) is 1. The van der Waals surface area contributed by atoms with Crippen molar-refractivity contribution < 1.29 is 31.1 Å². The van der Waals surface area contributed by atoms with Gasteiger partial charge in [-0.25, -0.2) is 0 Å². The molecule has 0 unspecified atom stereocenters. The summed E-state index contributed by atoms with van der Waals surface area (Å²) < 4.78 is 79.1. The highest BCUT2D eigenvalue weighted by molar-refractivity contribution is 7.99. The highest BCUT2D eigenvalue weighted by atomic mass is 32.2. The average Bonchev–Trinajstić information content (AvgIpc) is 2.73. The molecule has 0 fully saturated rings. The van der Waals surface area contributed by atoms with Crippen molar-refractivity contribution in [2.45, 2.75) is 22.6 Å². The lowest BCUT2D eigenvalue weighted by Gasteiger charge is -2.21. The minimum atomic E-state index is -4.95. The summed E-state index contributed by atoms with van der Waals surface area (Å²) in [4.78, 5) is 12.3. The Morgan fingerprint density at radius 3 is 1.71 bits per heavy atom.